The molecule has 0 aliphatic heterocycles. The highest BCUT2D eigenvalue weighted by molar-refractivity contribution is 5.93. The van der Waals surface area contributed by atoms with Gasteiger partial charge in [-0.3, -0.25) is 4.79 Å². The van der Waals surface area contributed by atoms with Gasteiger partial charge in [0.1, 0.15) is 5.78 Å². The Bertz CT molecular complexity index is 544. The maximum absolute atomic E-state index is 12.5. The lowest BCUT2D eigenvalue weighted by Gasteiger charge is -2.37. The van der Waals surface area contributed by atoms with Crippen LogP contribution in [0.2, 0.25) is 0 Å². The lowest BCUT2D eigenvalue weighted by molar-refractivity contribution is -0.127. The van der Waals surface area contributed by atoms with E-state index in [2.05, 4.69) is 13.8 Å². The number of fused-ring (bicyclic) bond motifs is 2. The van der Waals surface area contributed by atoms with Crippen molar-refractivity contribution in [3.8, 4) is 0 Å². The molecule has 2 aliphatic rings. The highest BCUT2D eigenvalue weighted by Gasteiger charge is 2.65. The van der Waals surface area contributed by atoms with Crippen molar-refractivity contribution < 1.29 is 4.79 Å². The number of hydrogen-bond donors (Lipinski definition) is 1. The first-order valence-electron chi connectivity index (χ1n) is 7.04. The van der Waals surface area contributed by atoms with Gasteiger partial charge in [0.2, 0.25) is 0 Å². The van der Waals surface area contributed by atoms with Crippen LogP contribution in [0.15, 0.2) is 36.0 Å². The molecule has 2 N–H and O–H groups in total. The molecule has 0 aromatic heterocycles. The van der Waals surface area contributed by atoms with Gasteiger partial charge in [-0.25, -0.2) is 0 Å². The Morgan fingerprint density at radius 1 is 1.32 bits per heavy atom. The van der Waals surface area contributed by atoms with Crippen LogP contribution in [0.25, 0.3) is 6.08 Å². The lowest BCUT2D eigenvalue weighted by atomic mass is 9.66. The van der Waals surface area contributed by atoms with E-state index in [4.69, 9.17) is 5.73 Å². The number of hydrogen-bond acceptors (Lipinski definition) is 2. The molecule has 2 nitrogen and oxygen atoms in total. The Hall–Kier alpha value is -1.57. The number of carbonyl (C=O) groups is 1. The van der Waals surface area contributed by atoms with Gasteiger partial charge in [-0.1, -0.05) is 44.2 Å². The van der Waals surface area contributed by atoms with E-state index in [1.165, 1.54) is 0 Å². The van der Waals surface area contributed by atoms with Crippen LogP contribution in [0.3, 0.4) is 0 Å². The quantitative estimate of drug-likeness (QED) is 0.880. The minimum absolute atomic E-state index is 0.000549. The third-order valence-electron chi connectivity index (χ3n) is 5.51. The second-order valence-corrected chi connectivity index (χ2v) is 6.50. The fourth-order valence-corrected chi connectivity index (χ4v) is 4.21. The standard InChI is InChI=1S/C17H21NO/c1-16(2)13-8-9-17(16,15(19)11-13)14(18)10-12-6-4-3-5-7-12/h3-7,10,13H,8-9,11,18H2,1-2H3. The molecular formula is C17H21NO. The number of allylic oxidation sites excluding steroid dienone is 1. The number of benzene rings is 1. The molecule has 0 saturated heterocycles. The van der Waals surface area contributed by atoms with Gasteiger partial charge < -0.3 is 5.73 Å². The van der Waals surface area contributed by atoms with E-state index in [-0.39, 0.29) is 5.41 Å². The molecule has 2 atom stereocenters. The van der Waals surface area contributed by atoms with Crippen LogP contribution in [0.1, 0.15) is 38.7 Å². The first kappa shape index (κ1) is 12.5. The van der Waals surface area contributed by atoms with Gasteiger partial charge in [-0.15, -0.1) is 0 Å². The minimum Gasteiger partial charge on any atom is -0.401 e. The molecule has 2 aliphatic carbocycles. The summed E-state index contributed by atoms with van der Waals surface area (Å²) in [4.78, 5) is 12.5. The van der Waals surface area contributed by atoms with E-state index in [9.17, 15) is 4.79 Å². The number of nitrogens with two attached hydrogens (primary N) is 1. The summed E-state index contributed by atoms with van der Waals surface area (Å²) in [6.45, 7) is 4.42. The Balaban J connectivity index is 2.05. The van der Waals surface area contributed by atoms with Gasteiger partial charge in [0.25, 0.3) is 0 Å². The summed E-state index contributed by atoms with van der Waals surface area (Å²) >= 11 is 0. The van der Waals surface area contributed by atoms with Gasteiger partial charge in [-0.05, 0) is 35.8 Å². The Kier molecular flexibility index (Phi) is 2.60. The van der Waals surface area contributed by atoms with Crippen molar-refractivity contribution in [2.24, 2.45) is 22.5 Å². The monoisotopic (exact) mass is 255 g/mol. The third-order valence-corrected chi connectivity index (χ3v) is 5.51. The van der Waals surface area contributed by atoms with E-state index < -0.39 is 5.41 Å². The average Bonchev–Trinajstić information content (AvgIpc) is 2.74. The zero-order valence-corrected chi connectivity index (χ0v) is 11.6. The van der Waals surface area contributed by atoms with Gasteiger partial charge in [0, 0.05) is 12.1 Å². The SMILES string of the molecule is CC1(C)C2CCC1(C(N)=Cc1ccccc1)C(=O)C2. The number of ketones is 1. The summed E-state index contributed by atoms with van der Waals surface area (Å²) in [6, 6.07) is 10.0. The third kappa shape index (κ3) is 1.52. The van der Waals surface area contributed by atoms with E-state index in [0.29, 0.717) is 18.1 Å². The zero-order valence-electron chi connectivity index (χ0n) is 11.6. The van der Waals surface area contributed by atoms with E-state index >= 15 is 0 Å². The second-order valence-electron chi connectivity index (χ2n) is 6.50. The summed E-state index contributed by atoms with van der Waals surface area (Å²) < 4.78 is 0. The average molecular weight is 255 g/mol. The minimum atomic E-state index is -0.423. The molecule has 0 heterocycles. The molecule has 0 radical (unpaired) electrons. The van der Waals surface area contributed by atoms with Gasteiger partial charge in [0.15, 0.2) is 0 Å². The summed E-state index contributed by atoms with van der Waals surface area (Å²) in [7, 11) is 0. The molecule has 0 spiro atoms. The highest BCUT2D eigenvalue weighted by Crippen LogP contribution is 2.66. The topological polar surface area (TPSA) is 43.1 Å². The van der Waals surface area contributed by atoms with Crippen LogP contribution in [0, 0.1) is 16.7 Å². The smallest absolute Gasteiger partial charge is 0.145 e. The van der Waals surface area contributed by atoms with Crippen LogP contribution < -0.4 is 5.73 Å². The molecule has 100 valence electrons. The largest absolute Gasteiger partial charge is 0.401 e. The molecule has 2 bridgehead atoms. The maximum atomic E-state index is 12.5. The molecule has 3 rings (SSSR count). The van der Waals surface area contributed by atoms with Crippen LogP contribution in [0.4, 0.5) is 0 Å². The summed E-state index contributed by atoms with van der Waals surface area (Å²) in [5.74, 6) is 0.848. The van der Waals surface area contributed by atoms with E-state index in [1.807, 2.05) is 36.4 Å². The van der Waals surface area contributed by atoms with Gasteiger partial charge in [0.05, 0.1) is 5.41 Å². The van der Waals surface area contributed by atoms with Crippen LogP contribution in [-0.2, 0) is 4.79 Å². The fourth-order valence-electron chi connectivity index (χ4n) is 4.21. The first-order chi connectivity index (χ1) is 8.98. The van der Waals surface area contributed by atoms with E-state index in [1.54, 1.807) is 0 Å². The highest BCUT2D eigenvalue weighted by atomic mass is 16.1. The fraction of sp³-hybridized carbons (Fsp3) is 0.471. The van der Waals surface area contributed by atoms with Crippen molar-refractivity contribution in [1.82, 2.24) is 0 Å². The normalized spacial score (nSPS) is 32.8. The van der Waals surface area contributed by atoms with Crippen molar-refractivity contribution in [2.75, 3.05) is 0 Å². The lowest BCUT2D eigenvalue weighted by Crippen LogP contribution is -2.40. The molecule has 1 aromatic rings. The zero-order chi connectivity index (χ0) is 13.7. The molecule has 0 amide bonds. The first-order valence-corrected chi connectivity index (χ1v) is 7.04. The maximum Gasteiger partial charge on any atom is 0.145 e. The number of Topliss-reactive ketones (excluding diaryl/α,β-unsaturated/α-hetero) is 1. The van der Waals surface area contributed by atoms with Crippen molar-refractivity contribution in [2.45, 2.75) is 33.1 Å². The van der Waals surface area contributed by atoms with Crippen molar-refractivity contribution in [3.63, 3.8) is 0 Å². The van der Waals surface area contributed by atoms with Crippen molar-refractivity contribution >= 4 is 11.9 Å². The molecular weight excluding hydrogens is 234 g/mol. The molecule has 1 aromatic carbocycles. The van der Waals surface area contributed by atoms with Crippen molar-refractivity contribution in [1.29, 1.82) is 0 Å². The summed E-state index contributed by atoms with van der Waals surface area (Å²) in [5, 5.41) is 0. The molecule has 19 heavy (non-hydrogen) atoms. The number of carbonyl (C=O) groups excluding carboxylic acids is 1. The second kappa shape index (κ2) is 3.96. The Morgan fingerprint density at radius 2 is 2.00 bits per heavy atom. The van der Waals surface area contributed by atoms with Crippen molar-refractivity contribution in [3.05, 3.63) is 41.6 Å². The number of rotatable bonds is 2. The molecule has 2 unspecified atom stereocenters. The van der Waals surface area contributed by atoms with Crippen LogP contribution >= 0.6 is 0 Å². The van der Waals surface area contributed by atoms with Crippen LogP contribution in [-0.4, -0.2) is 5.78 Å². The summed E-state index contributed by atoms with van der Waals surface area (Å²) in [5.41, 5.74) is 7.80. The van der Waals surface area contributed by atoms with Crippen LogP contribution in [0.5, 0.6) is 0 Å². The summed E-state index contributed by atoms with van der Waals surface area (Å²) in [6.07, 6.45) is 4.74. The molecule has 2 saturated carbocycles. The predicted molar refractivity (Wildman–Crippen MR) is 77.2 cm³/mol. The van der Waals surface area contributed by atoms with Gasteiger partial charge >= 0.3 is 0 Å². The molecule has 2 fully saturated rings. The molecule has 2 heteroatoms. The van der Waals surface area contributed by atoms with Gasteiger partial charge in [-0.2, -0.15) is 0 Å². The Labute approximate surface area is 114 Å². The predicted octanol–water partition coefficient (Wildman–Crippen LogP) is 3.38. The van der Waals surface area contributed by atoms with E-state index in [0.717, 1.165) is 24.1 Å². The Morgan fingerprint density at radius 3 is 2.53 bits per heavy atom.